The molecule has 1 aliphatic heterocycles. The minimum atomic E-state index is 0.554. The minimum absolute atomic E-state index is 0.554. The maximum Gasteiger partial charge on any atom is 0.0107 e. The predicted molar refractivity (Wildman–Crippen MR) is 62.5 cm³/mol. The molecule has 1 rings (SSSR count). The first kappa shape index (κ1) is 12.0. The summed E-state index contributed by atoms with van der Waals surface area (Å²) in [6.07, 6.45) is 1.36. The lowest BCUT2D eigenvalue weighted by atomic mass is 9.93. The smallest absolute Gasteiger partial charge is 0.0107 e. The molecule has 0 spiro atoms. The van der Waals surface area contributed by atoms with Gasteiger partial charge in [-0.1, -0.05) is 27.7 Å². The summed E-state index contributed by atoms with van der Waals surface area (Å²) >= 11 is 0. The molecule has 0 aromatic carbocycles. The van der Waals surface area contributed by atoms with Gasteiger partial charge in [-0.3, -0.25) is 0 Å². The van der Waals surface area contributed by atoms with Gasteiger partial charge in [0.1, 0.15) is 0 Å². The fraction of sp³-hybridized carbons (Fsp3) is 1.00. The van der Waals surface area contributed by atoms with Crippen molar-refractivity contribution in [2.24, 2.45) is 11.3 Å². The van der Waals surface area contributed by atoms with Gasteiger partial charge in [0, 0.05) is 19.6 Å². The standard InChI is InChI=1S/C12H26N2/c1-11(2)9-13-6-8-14-7-5-12(3,4)10-14/h11,13H,5-10H2,1-4H3. The van der Waals surface area contributed by atoms with Crippen LogP contribution in [0.15, 0.2) is 0 Å². The molecule has 1 saturated heterocycles. The van der Waals surface area contributed by atoms with Crippen LogP contribution in [0.4, 0.5) is 0 Å². The van der Waals surface area contributed by atoms with Crippen LogP contribution in [0, 0.1) is 11.3 Å². The summed E-state index contributed by atoms with van der Waals surface area (Å²) < 4.78 is 0. The van der Waals surface area contributed by atoms with E-state index in [9.17, 15) is 0 Å². The number of rotatable bonds is 5. The molecule has 0 radical (unpaired) electrons. The van der Waals surface area contributed by atoms with E-state index in [1.165, 1.54) is 26.1 Å². The van der Waals surface area contributed by atoms with Crippen molar-refractivity contribution < 1.29 is 0 Å². The highest BCUT2D eigenvalue weighted by atomic mass is 15.2. The summed E-state index contributed by atoms with van der Waals surface area (Å²) in [6.45, 7) is 15.3. The molecule has 1 fully saturated rings. The summed E-state index contributed by atoms with van der Waals surface area (Å²) in [6, 6.07) is 0. The van der Waals surface area contributed by atoms with Crippen LogP contribution < -0.4 is 5.32 Å². The van der Waals surface area contributed by atoms with Gasteiger partial charge in [-0.25, -0.2) is 0 Å². The highest BCUT2D eigenvalue weighted by Crippen LogP contribution is 2.28. The van der Waals surface area contributed by atoms with Gasteiger partial charge >= 0.3 is 0 Å². The molecular weight excluding hydrogens is 172 g/mol. The zero-order valence-corrected chi connectivity index (χ0v) is 10.3. The van der Waals surface area contributed by atoms with Gasteiger partial charge in [0.25, 0.3) is 0 Å². The van der Waals surface area contributed by atoms with Crippen LogP contribution >= 0.6 is 0 Å². The third kappa shape index (κ3) is 4.43. The third-order valence-electron chi connectivity index (χ3n) is 2.91. The van der Waals surface area contributed by atoms with Crippen LogP contribution in [0.3, 0.4) is 0 Å². The molecule has 0 atom stereocenters. The zero-order valence-electron chi connectivity index (χ0n) is 10.3. The summed E-state index contributed by atoms with van der Waals surface area (Å²) in [5, 5.41) is 3.50. The van der Waals surface area contributed by atoms with E-state index in [1.807, 2.05) is 0 Å². The molecule has 0 amide bonds. The van der Waals surface area contributed by atoms with Gasteiger partial charge in [0.15, 0.2) is 0 Å². The van der Waals surface area contributed by atoms with Gasteiger partial charge in [0.05, 0.1) is 0 Å². The van der Waals surface area contributed by atoms with Crippen molar-refractivity contribution in [3.05, 3.63) is 0 Å². The van der Waals surface area contributed by atoms with Crippen molar-refractivity contribution in [1.82, 2.24) is 10.2 Å². The molecule has 0 aromatic rings. The van der Waals surface area contributed by atoms with E-state index < -0.39 is 0 Å². The summed E-state index contributed by atoms with van der Waals surface area (Å²) in [5.74, 6) is 0.769. The van der Waals surface area contributed by atoms with Crippen LogP contribution in [-0.4, -0.2) is 37.6 Å². The Balaban J connectivity index is 2.03. The Morgan fingerprint density at radius 1 is 1.36 bits per heavy atom. The van der Waals surface area contributed by atoms with Crippen molar-refractivity contribution in [3.8, 4) is 0 Å². The average molecular weight is 198 g/mol. The Hall–Kier alpha value is -0.0800. The van der Waals surface area contributed by atoms with E-state index in [-0.39, 0.29) is 0 Å². The normalized spacial score (nSPS) is 22.1. The minimum Gasteiger partial charge on any atom is -0.315 e. The summed E-state index contributed by atoms with van der Waals surface area (Å²) in [5.41, 5.74) is 0.554. The molecule has 1 aliphatic rings. The molecular formula is C12H26N2. The molecule has 0 aliphatic carbocycles. The number of nitrogens with zero attached hydrogens (tertiary/aromatic N) is 1. The number of likely N-dealkylation sites (tertiary alicyclic amines) is 1. The first-order chi connectivity index (χ1) is 6.49. The summed E-state index contributed by atoms with van der Waals surface area (Å²) in [4.78, 5) is 2.58. The molecule has 84 valence electrons. The predicted octanol–water partition coefficient (Wildman–Crippen LogP) is 1.96. The maximum absolute atomic E-state index is 3.50. The molecule has 2 nitrogen and oxygen atoms in total. The third-order valence-corrected chi connectivity index (χ3v) is 2.91. The van der Waals surface area contributed by atoms with Crippen molar-refractivity contribution in [2.75, 3.05) is 32.7 Å². The van der Waals surface area contributed by atoms with Crippen LogP contribution in [-0.2, 0) is 0 Å². The van der Waals surface area contributed by atoms with E-state index >= 15 is 0 Å². The van der Waals surface area contributed by atoms with Gasteiger partial charge in [0.2, 0.25) is 0 Å². The quantitative estimate of drug-likeness (QED) is 0.679. The van der Waals surface area contributed by atoms with Crippen LogP contribution in [0.25, 0.3) is 0 Å². The molecule has 0 bridgehead atoms. The zero-order chi connectivity index (χ0) is 10.6. The van der Waals surface area contributed by atoms with Gasteiger partial charge in [-0.2, -0.15) is 0 Å². The van der Waals surface area contributed by atoms with Crippen molar-refractivity contribution >= 4 is 0 Å². The maximum atomic E-state index is 3.50. The molecule has 0 saturated carbocycles. The summed E-state index contributed by atoms with van der Waals surface area (Å²) in [7, 11) is 0. The van der Waals surface area contributed by atoms with Crippen molar-refractivity contribution in [2.45, 2.75) is 34.1 Å². The molecule has 0 unspecified atom stereocenters. The Morgan fingerprint density at radius 2 is 2.07 bits per heavy atom. The first-order valence-electron chi connectivity index (χ1n) is 5.93. The number of nitrogens with one attached hydrogen (secondary N) is 1. The van der Waals surface area contributed by atoms with E-state index in [0.717, 1.165) is 19.0 Å². The van der Waals surface area contributed by atoms with E-state index in [0.29, 0.717) is 5.41 Å². The average Bonchev–Trinajstić information content (AvgIpc) is 2.39. The van der Waals surface area contributed by atoms with E-state index in [4.69, 9.17) is 0 Å². The highest BCUT2D eigenvalue weighted by molar-refractivity contribution is 4.82. The van der Waals surface area contributed by atoms with Crippen molar-refractivity contribution in [3.63, 3.8) is 0 Å². The van der Waals surface area contributed by atoms with E-state index in [2.05, 4.69) is 37.9 Å². The lowest BCUT2D eigenvalue weighted by molar-refractivity contribution is 0.288. The first-order valence-corrected chi connectivity index (χ1v) is 5.93. The van der Waals surface area contributed by atoms with Gasteiger partial charge in [-0.05, 0) is 30.8 Å². The van der Waals surface area contributed by atoms with Crippen molar-refractivity contribution in [1.29, 1.82) is 0 Å². The fourth-order valence-corrected chi connectivity index (χ4v) is 2.04. The Morgan fingerprint density at radius 3 is 2.57 bits per heavy atom. The molecule has 0 aromatic heterocycles. The molecule has 2 heteroatoms. The molecule has 14 heavy (non-hydrogen) atoms. The topological polar surface area (TPSA) is 15.3 Å². The molecule has 1 N–H and O–H groups in total. The number of hydrogen-bond acceptors (Lipinski definition) is 2. The lowest BCUT2D eigenvalue weighted by Gasteiger charge is -2.19. The van der Waals surface area contributed by atoms with Gasteiger partial charge in [-0.15, -0.1) is 0 Å². The second kappa shape index (κ2) is 5.13. The second-order valence-corrected chi connectivity index (χ2v) is 5.79. The Kier molecular flexibility index (Phi) is 4.39. The van der Waals surface area contributed by atoms with Crippen LogP contribution in [0.1, 0.15) is 34.1 Å². The largest absolute Gasteiger partial charge is 0.315 e. The van der Waals surface area contributed by atoms with Crippen LogP contribution in [0.5, 0.6) is 0 Å². The molecule has 1 heterocycles. The van der Waals surface area contributed by atoms with Gasteiger partial charge < -0.3 is 10.2 Å². The SMILES string of the molecule is CC(C)CNCCN1CCC(C)(C)C1. The Labute approximate surface area is 89.1 Å². The monoisotopic (exact) mass is 198 g/mol. The highest BCUT2D eigenvalue weighted by Gasteiger charge is 2.28. The second-order valence-electron chi connectivity index (χ2n) is 5.79. The fourth-order valence-electron chi connectivity index (χ4n) is 2.04. The number of hydrogen-bond donors (Lipinski definition) is 1. The lowest BCUT2D eigenvalue weighted by Crippen LogP contribution is -2.33. The van der Waals surface area contributed by atoms with Crippen LogP contribution in [0.2, 0.25) is 0 Å². The van der Waals surface area contributed by atoms with E-state index in [1.54, 1.807) is 0 Å². The Bertz CT molecular complexity index is 164.